The van der Waals surface area contributed by atoms with Gasteiger partial charge in [0, 0.05) is 23.8 Å². The number of nitriles is 1. The van der Waals surface area contributed by atoms with Crippen LogP contribution in [0.2, 0.25) is 0 Å². The molecule has 4 aromatic heterocycles. The molecule has 9 nitrogen and oxygen atoms in total. The Morgan fingerprint density at radius 1 is 1.18 bits per heavy atom. The summed E-state index contributed by atoms with van der Waals surface area (Å²) in [5.41, 5.74) is 4.63. The molecule has 5 rings (SSSR count). The molecule has 0 amide bonds. The monoisotopic (exact) mass is 493 g/mol. The van der Waals surface area contributed by atoms with E-state index in [1.165, 1.54) is 17.5 Å². The van der Waals surface area contributed by atoms with Crippen molar-refractivity contribution >= 4 is 32.4 Å². The van der Waals surface area contributed by atoms with Gasteiger partial charge in [-0.1, -0.05) is 11.3 Å². The number of pyridine rings is 1. The molecule has 1 N–H and O–H groups in total. The van der Waals surface area contributed by atoms with E-state index in [1.54, 1.807) is 16.8 Å². The molecule has 34 heavy (non-hydrogen) atoms. The molecule has 0 saturated carbocycles. The van der Waals surface area contributed by atoms with Gasteiger partial charge in [0.15, 0.2) is 5.01 Å². The molecule has 1 saturated heterocycles. The molecule has 0 aromatic carbocycles. The largest absolute Gasteiger partial charge is 0.382 e. The molecule has 1 fully saturated rings. The van der Waals surface area contributed by atoms with Crippen molar-refractivity contribution in [2.45, 2.75) is 38.6 Å². The summed E-state index contributed by atoms with van der Waals surface area (Å²) >= 11 is 1.50. The average Bonchev–Trinajstić information content (AvgIpc) is 3.45. The number of fused-ring (bicyclic) bond motifs is 1. The van der Waals surface area contributed by atoms with Crippen LogP contribution in [-0.4, -0.2) is 50.8 Å². The average molecular weight is 494 g/mol. The lowest BCUT2D eigenvalue weighted by molar-refractivity contribution is 0.547. The fourth-order valence-corrected chi connectivity index (χ4v) is 6.62. The zero-order chi connectivity index (χ0) is 23.9. The highest BCUT2D eigenvalue weighted by Crippen LogP contribution is 2.37. The fourth-order valence-electron chi connectivity index (χ4n) is 4.10. The van der Waals surface area contributed by atoms with Crippen LogP contribution >= 0.6 is 11.3 Å². The van der Waals surface area contributed by atoms with Gasteiger partial charge in [-0.05, 0) is 51.0 Å². The van der Waals surface area contributed by atoms with Crippen molar-refractivity contribution in [3.63, 3.8) is 0 Å². The van der Waals surface area contributed by atoms with E-state index in [9.17, 15) is 8.42 Å². The molecule has 5 heterocycles. The van der Waals surface area contributed by atoms with Crippen molar-refractivity contribution in [3.05, 3.63) is 47.2 Å². The van der Waals surface area contributed by atoms with Crippen LogP contribution in [0.1, 0.15) is 43.2 Å². The molecule has 0 spiro atoms. The minimum Gasteiger partial charge on any atom is -0.382 e. The van der Waals surface area contributed by atoms with Gasteiger partial charge in [0.05, 0.1) is 45.7 Å². The van der Waals surface area contributed by atoms with Gasteiger partial charge >= 0.3 is 0 Å². The van der Waals surface area contributed by atoms with Gasteiger partial charge in [0.2, 0.25) is 0 Å². The number of nitrogens with one attached hydrogen (secondary N) is 1. The van der Waals surface area contributed by atoms with Gasteiger partial charge in [-0.15, -0.1) is 10.2 Å². The Labute approximate surface area is 201 Å². The predicted molar refractivity (Wildman–Crippen MR) is 131 cm³/mol. The normalized spacial score (nSPS) is 16.1. The van der Waals surface area contributed by atoms with E-state index in [2.05, 4.69) is 40.5 Å². The Hall–Kier alpha value is -3.36. The molecule has 0 bridgehead atoms. The first-order valence-electron chi connectivity index (χ1n) is 11.0. The molecule has 0 radical (unpaired) electrons. The van der Waals surface area contributed by atoms with Crippen molar-refractivity contribution in [3.8, 4) is 28.0 Å². The summed E-state index contributed by atoms with van der Waals surface area (Å²) in [5, 5.41) is 27.5. The predicted octanol–water partition coefficient (Wildman–Crippen LogP) is 3.90. The molecular weight excluding hydrogens is 470 g/mol. The molecule has 0 aliphatic carbocycles. The second kappa shape index (κ2) is 8.77. The van der Waals surface area contributed by atoms with E-state index in [1.807, 2.05) is 18.2 Å². The zero-order valence-corrected chi connectivity index (χ0v) is 20.4. The van der Waals surface area contributed by atoms with Crippen molar-refractivity contribution in [2.75, 3.05) is 16.8 Å². The third kappa shape index (κ3) is 4.38. The lowest BCUT2D eigenvalue weighted by Crippen LogP contribution is -2.22. The van der Waals surface area contributed by atoms with Crippen LogP contribution in [-0.2, 0) is 9.84 Å². The molecule has 174 valence electrons. The second-order valence-electron chi connectivity index (χ2n) is 8.70. The number of anilines is 1. The Morgan fingerprint density at radius 3 is 2.71 bits per heavy atom. The molecular formula is C23H23N7O2S2. The number of rotatable bonds is 5. The van der Waals surface area contributed by atoms with Gasteiger partial charge < -0.3 is 5.32 Å². The Kier molecular flexibility index (Phi) is 5.79. The Bertz CT molecular complexity index is 1500. The van der Waals surface area contributed by atoms with E-state index < -0.39 is 9.84 Å². The SMILES string of the molecule is CC(C)Nc1cc(-c2ccc3cc(C#N)cnn23)ncc1-c1nnc(C2CCS(=O)(=O)CC2)s1. The maximum absolute atomic E-state index is 11.8. The molecule has 0 unspecified atom stereocenters. The highest BCUT2D eigenvalue weighted by Gasteiger charge is 2.28. The lowest BCUT2D eigenvalue weighted by Gasteiger charge is -2.19. The number of hydrogen-bond acceptors (Lipinski definition) is 9. The number of hydrogen-bond donors (Lipinski definition) is 1. The molecule has 1 aliphatic rings. The standard InChI is InChI=1S/C23H23N7O2S2/c1-14(2)27-19-10-20(21-4-3-17-9-15(11-24)12-26-30(17)21)25-13-18(19)23-29-28-22(33-23)16-5-7-34(31,32)8-6-16/h3-4,9-10,12-14,16H,5-8H2,1-2H3,(H,25,27). The summed E-state index contributed by atoms with van der Waals surface area (Å²) < 4.78 is 25.3. The summed E-state index contributed by atoms with van der Waals surface area (Å²) in [4.78, 5) is 4.69. The first kappa shape index (κ1) is 22.4. The van der Waals surface area contributed by atoms with Crippen LogP contribution in [0.4, 0.5) is 5.69 Å². The van der Waals surface area contributed by atoms with Crippen LogP contribution in [0.3, 0.4) is 0 Å². The van der Waals surface area contributed by atoms with Crippen LogP contribution in [0.15, 0.2) is 36.7 Å². The van der Waals surface area contributed by atoms with E-state index in [0.717, 1.165) is 38.2 Å². The van der Waals surface area contributed by atoms with Crippen molar-refractivity contribution in [1.82, 2.24) is 24.8 Å². The second-order valence-corrected chi connectivity index (χ2v) is 12.0. The first-order chi connectivity index (χ1) is 16.3. The van der Waals surface area contributed by atoms with Gasteiger partial charge in [-0.2, -0.15) is 10.4 Å². The third-order valence-corrected chi connectivity index (χ3v) is 8.65. The Balaban J connectivity index is 1.50. The van der Waals surface area contributed by atoms with Crippen LogP contribution in [0, 0.1) is 11.3 Å². The van der Waals surface area contributed by atoms with Crippen molar-refractivity contribution in [2.24, 2.45) is 0 Å². The summed E-state index contributed by atoms with van der Waals surface area (Å²) in [6.45, 7) is 4.13. The summed E-state index contributed by atoms with van der Waals surface area (Å²) in [6.07, 6.45) is 4.51. The van der Waals surface area contributed by atoms with Crippen LogP contribution in [0.5, 0.6) is 0 Å². The summed E-state index contributed by atoms with van der Waals surface area (Å²) in [6, 6.07) is 9.91. The van der Waals surface area contributed by atoms with Crippen LogP contribution < -0.4 is 5.32 Å². The molecule has 4 aromatic rings. The van der Waals surface area contributed by atoms with E-state index >= 15 is 0 Å². The maximum atomic E-state index is 11.8. The lowest BCUT2D eigenvalue weighted by atomic mass is 10.0. The fraction of sp³-hybridized carbons (Fsp3) is 0.348. The smallest absolute Gasteiger partial charge is 0.151 e. The van der Waals surface area contributed by atoms with Crippen molar-refractivity contribution in [1.29, 1.82) is 5.26 Å². The van der Waals surface area contributed by atoms with Gasteiger partial charge in [-0.25, -0.2) is 12.9 Å². The van der Waals surface area contributed by atoms with E-state index in [0.29, 0.717) is 18.4 Å². The molecule has 0 atom stereocenters. The minimum absolute atomic E-state index is 0.125. The first-order valence-corrected chi connectivity index (χ1v) is 13.7. The molecule has 11 heteroatoms. The Morgan fingerprint density at radius 2 is 1.97 bits per heavy atom. The van der Waals surface area contributed by atoms with Gasteiger partial charge in [0.1, 0.15) is 20.9 Å². The minimum atomic E-state index is -2.92. The summed E-state index contributed by atoms with van der Waals surface area (Å²) in [7, 11) is -2.92. The summed E-state index contributed by atoms with van der Waals surface area (Å²) in [5.74, 6) is 0.538. The zero-order valence-electron chi connectivity index (χ0n) is 18.8. The maximum Gasteiger partial charge on any atom is 0.151 e. The number of sulfone groups is 1. The van der Waals surface area contributed by atoms with Gasteiger partial charge in [0.25, 0.3) is 0 Å². The van der Waals surface area contributed by atoms with Crippen LogP contribution in [0.25, 0.3) is 27.5 Å². The highest BCUT2D eigenvalue weighted by molar-refractivity contribution is 7.91. The van der Waals surface area contributed by atoms with Gasteiger partial charge in [-0.3, -0.25) is 4.98 Å². The number of nitrogens with zero attached hydrogens (tertiary/aromatic N) is 6. The molecule has 1 aliphatic heterocycles. The third-order valence-electron chi connectivity index (χ3n) is 5.81. The van der Waals surface area contributed by atoms with Crippen molar-refractivity contribution < 1.29 is 8.42 Å². The van der Waals surface area contributed by atoms with E-state index in [4.69, 9.17) is 10.2 Å². The quantitative estimate of drug-likeness (QED) is 0.444. The van der Waals surface area contributed by atoms with E-state index in [-0.39, 0.29) is 23.5 Å². The topological polar surface area (TPSA) is 126 Å². The number of aromatic nitrogens is 5. The highest BCUT2D eigenvalue weighted by atomic mass is 32.2.